The zero-order chi connectivity index (χ0) is 20.4. The van der Waals surface area contributed by atoms with Crippen LogP contribution in [0.25, 0.3) is 0 Å². The van der Waals surface area contributed by atoms with Gasteiger partial charge in [0.25, 0.3) is 0 Å². The summed E-state index contributed by atoms with van der Waals surface area (Å²) in [4.78, 5) is 36.1. The SMILES string of the molecule is CC(NC(=O)[C@H](Cc1ccccc1)NC(=O)OCc1ccccc1)C(=O)CF. The van der Waals surface area contributed by atoms with Crippen molar-refractivity contribution in [1.82, 2.24) is 10.6 Å². The van der Waals surface area contributed by atoms with E-state index in [1.807, 2.05) is 60.7 Å². The van der Waals surface area contributed by atoms with Crippen molar-refractivity contribution in [3.8, 4) is 0 Å². The maximum atomic E-state index is 12.5. The van der Waals surface area contributed by atoms with Gasteiger partial charge in [-0.1, -0.05) is 60.7 Å². The van der Waals surface area contributed by atoms with Crippen LogP contribution >= 0.6 is 0 Å². The molecule has 0 radical (unpaired) electrons. The van der Waals surface area contributed by atoms with Crippen LogP contribution in [-0.4, -0.2) is 36.5 Å². The molecule has 0 spiro atoms. The van der Waals surface area contributed by atoms with E-state index in [0.717, 1.165) is 11.1 Å². The third-order valence-electron chi connectivity index (χ3n) is 4.08. The molecule has 28 heavy (non-hydrogen) atoms. The van der Waals surface area contributed by atoms with Crippen LogP contribution in [0.15, 0.2) is 60.7 Å². The quantitative estimate of drug-likeness (QED) is 0.694. The van der Waals surface area contributed by atoms with Gasteiger partial charge in [0.2, 0.25) is 5.91 Å². The summed E-state index contributed by atoms with van der Waals surface area (Å²) in [6.45, 7) is 0.285. The molecular formula is C21H23FN2O4. The fraction of sp³-hybridized carbons (Fsp3) is 0.286. The average Bonchev–Trinajstić information content (AvgIpc) is 2.72. The van der Waals surface area contributed by atoms with Crippen molar-refractivity contribution in [2.45, 2.75) is 32.0 Å². The number of benzene rings is 2. The number of carbonyl (C=O) groups excluding carboxylic acids is 3. The second-order valence-electron chi connectivity index (χ2n) is 6.28. The number of alkyl carbamates (subject to hydrolysis) is 1. The van der Waals surface area contributed by atoms with Crippen molar-refractivity contribution >= 4 is 17.8 Å². The zero-order valence-corrected chi connectivity index (χ0v) is 15.6. The molecule has 0 aromatic heterocycles. The largest absolute Gasteiger partial charge is 0.445 e. The predicted octanol–water partition coefficient (Wildman–Crippen LogP) is 2.57. The van der Waals surface area contributed by atoms with Crippen molar-refractivity contribution in [1.29, 1.82) is 0 Å². The molecule has 2 aromatic rings. The summed E-state index contributed by atoms with van der Waals surface area (Å²) < 4.78 is 17.7. The Morgan fingerprint density at radius 1 is 0.929 bits per heavy atom. The Bertz CT molecular complexity index is 784. The molecular weight excluding hydrogens is 363 g/mol. The topological polar surface area (TPSA) is 84.5 Å². The first-order valence-electron chi connectivity index (χ1n) is 8.89. The first kappa shape index (κ1) is 21.1. The summed E-state index contributed by atoms with van der Waals surface area (Å²) in [5, 5.41) is 4.95. The van der Waals surface area contributed by atoms with Crippen LogP contribution in [0.4, 0.5) is 9.18 Å². The van der Waals surface area contributed by atoms with Gasteiger partial charge in [-0.25, -0.2) is 9.18 Å². The Balaban J connectivity index is 2.01. The van der Waals surface area contributed by atoms with Crippen molar-refractivity contribution in [2.24, 2.45) is 0 Å². The van der Waals surface area contributed by atoms with Crippen molar-refractivity contribution in [2.75, 3.05) is 6.67 Å². The number of rotatable bonds is 9. The lowest BCUT2D eigenvalue weighted by atomic mass is 10.0. The van der Waals surface area contributed by atoms with Gasteiger partial charge in [-0.2, -0.15) is 0 Å². The van der Waals surface area contributed by atoms with E-state index in [2.05, 4.69) is 10.6 Å². The van der Waals surface area contributed by atoms with E-state index in [0.29, 0.717) is 0 Å². The van der Waals surface area contributed by atoms with Crippen LogP contribution in [-0.2, 0) is 27.4 Å². The summed E-state index contributed by atoms with van der Waals surface area (Å²) in [7, 11) is 0. The second kappa shape index (κ2) is 10.8. The van der Waals surface area contributed by atoms with Gasteiger partial charge < -0.3 is 15.4 Å². The molecule has 2 aromatic carbocycles. The minimum atomic E-state index is -1.17. The fourth-order valence-electron chi connectivity index (χ4n) is 2.48. The van der Waals surface area contributed by atoms with Gasteiger partial charge in [0.05, 0.1) is 6.04 Å². The fourth-order valence-corrected chi connectivity index (χ4v) is 2.48. The van der Waals surface area contributed by atoms with Gasteiger partial charge in [0.1, 0.15) is 19.3 Å². The molecule has 7 heteroatoms. The highest BCUT2D eigenvalue weighted by molar-refractivity contribution is 5.92. The molecule has 0 aliphatic heterocycles. The van der Waals surface area contributed by atoms with E-state index in [1.54, 1.807) is 0 Å². The number of amides is 2. The minimum absolute atomic E-state index is 0.0586. The average molecular weight is 386 g/mol. The number of ketones is 1. The molecule has 6 nitrogen and oxygen atoms in total. The maximum absolute atomic E-state index is 12.5. The number of hydrogen-bond acceptors (Lipinski definition) is 4. The van der Waals surface area contributed by atoms with E-state index in [1.165, 1.54) is 6.92 Å². The molecule has 2 N–H and O–H groups in total. The predicted molar refractivity (Wildman–Crippen MR) is 102 cm³/mol. The number of halogens is 1. The van der Waals surface area contributed by atoms with Gasteiger partial charge >= 0.3 is 6.09 Å². The summed E-state index contributed by atoms with van der Waals surface area (Å²) >= 11 is 0. The van der Waals surface area contributed by atoms with Gasteiger partial charge in [-0.3, -0.25) is 9.59 Å². The summed E-state index contributed by atoms with van der Waals surface area (Å²) in [6, 6.07) is 16.3. The lowest BCUT2D eigenvalue weighted by Crippen LogP contribution is -2.52. The number of alkyl halides is 1. The molecule has 0 bridgehead atoms. The number of hydrogen-bond donors (Lipinski definition) is 2. The number of nitrogens with one attached hydrogen (secondary N) is 2. The van der Waals surface area contributed by atoms with Crippen molar-refractivity contribution in [3.63, 3.8) is 0 Å². The van der Waals surface area contributed by atoms with Crippen LogP contribution in [0.3, 0.4) is 0 Å². The molecule has 0 heterocycles. The summed E-state index contributed by atoms with van der Waals surface area (Å²) in [5.74, 6) is -1.33. The Morgan fingerprint density at radius 2 is 1.50 bits per heavy atom. The molecule has 0 fully saturated rings. The number of Topliss-reactive ketones (excluding diaryl/α,β-unsaturated/α-hetero) is 1. The zero-order valence-electron chi connectivity index (χ0n) is 15.6. The van der Waals surface area contributed by atoms with Crippen LogP contribution in [0.5, 0.6) is 0 Å². The van der Waals surface area contributed by atoms with Crippen LogP contribution < -0.4 is 10.6 Å². The van der Waals surface area contributed by atoms with Crippen molar-refractivity contribution < 1.29 is 23.5 Å². The molecule has 2 atom stereocenters. The first-order valence-corrected chi connectivity index (χ1v) is 8.89. The highest BCUT2D eigenvalue weighted by Crippen LogP contribution is 2.06. The Labute approximate surface area is 163 Å². The molecule has 148 valence electrons. The van der Waals surface area contributed by atoms with Gasteiger partial charge in [0, 0.05) is 6.42 Å². The monoisotopic (exact) mass is 386 g/mol. The Kier molecular flexibility index (Phi) is 8.14. The maximum Gasteiger partial charge on any atom is 0.408 e. The lowest BCUT2D eigenvalue weighted by molar-refractivity contribution is -0.128. The Hall–Kier alpha value is -3.22. The van der Waals surface area contributed by atoms with Crippen LogP contribution in [0.2, 0.25) is 0 Å². The summed E-state index contributed by atoms with van der Waals surface area (Å²) in [5.41, 5.74) is 1.62. The van der Waals surface area contributed by atoms with Gasteiger partial charge in [-0.05, 0) is 18.1 Å². The van der Waals surface area contributed by atoms with E-state index in [-0.39, 0.29) is 13.0 Å². The normalized spacial score (nSPS) is 12.5. The standard InChI is InChI=1S/C21H23FN2O4/c1-15(19(25)13-22)23-20(26)18(12-16-8-4-2-5-9-16)24-21(27)28-14-17-10-6-3-7-11-17/h2-11,15,18H,12-14H2,1H3,(H,23,26)(H,24,27)/t15?,18-/m0/s1. The smallest absolute Gasteiger partial charge is 0.408 e. The minimum Gasteiger partial charge on any atom is -0.445 e. The second-order valence-corrected chi connectivity index (χ2v) is 6.28. The van der Waals surface area contributed by atoms with Gasteiger partial charge in [0.15, 0.2) is 5.78 Å². The van der Waals surface area contributed by atoms with E-state index in [4.69, 9.17) is 4.74 Å². The first-order chi connectivity index (χ1) is 13.5. The molecule has 2 amide bonds. The third kappa shape index (κ3) is 6.83. The van der Waals surface area contributed by atoms with Crippen molar-refractivity contribution in [3.05, 3.63) is 71.8 Å². The van der Waals surface area contributed by atoms with E-state index < -0.39 is 36.5 Å². The van der Waals surface area contributed by atoms with Crippen LogP contribution in [0.1, 0.15) is 18.1 Å². The molecule has 0 saturated heterocycles. The molecule has 0 aliphatic carbocycles. The number of ether oxygens (including phenoxy) is 1. The lowest BCUT2D eigenvalue weighted by Gasteiger charge is -2.20. The van der Waals surface area contributed by atoms with Gasteiger partial charge in [-0.15, -0.1) is 0 Å². The molecule has 0 saturated carbocycles. The summed E-state index contributed by atoms with van der Waals surface area (Å²) in [6.07, 6.45) is -0.562. The molecule has 1 unspecified atom stereocenters. The number of carbonyl (C=O) groups is 3. The molecule has 0 aliphatic rings. The van der Waals surface area contributed by atoms with E-state index in [9.17, 15) is 18.8 Å². The highest BCUT2D eigenvalue weighted by atomic mass is 19.1. The highest BCUT2D eigenvalue weighted by Gasteiger charge is 2.25. The van der Waals surface area contributed by atoms with E-state index >= 15 is 0 Å². The Morgan fingerprint density at radius 3 is 2.07 bits per heavy atom. The third-order valence-corrected chi connectivity index (χ3v) is 4.08. The van der Waals surface area contributed by atoms with Crippen LogP contribution in [0, 0.1) is 0 Å². The molecule has 2 rings (SSSR count).